The quantitative estimate of drug-likeness (QED) is 0.560. The molecule has 1 N–H and O–H groups in total. The van der Waals surface area contributed by atoms with Gasteiger partial charge in [0.25, 0.3) is 0 Å². The number of thiazole rings is 1. The molecule has 0 saturated carbocycles. The van der Waals surface area contributed by atoms with Gasteiger partial charge in [0.2, 0.25) is 0 Å². The second-order valence-corrected chi connectivity index (χ2v) is 4.94. The average Bonchev–Trinajstić information content (AvgIpc) is 2.63. The number of nitrogens with zero attached hydrogens (tertiary/aromatic N) is 1. The van der Waals surface area contributed by atoms with Gasteiger partial charge in [0, 0.05) is 17.3 Å². The van der Waals surface area contributed by atoms with Gasteiger partial charge in [-0.2, -0.15) is 0 Å². The smallest absolute Gasteiger partial charge is 0.149 e. The summed E-state index contributed by atoms with van der Waals surface area (Å²) in [6, 6.07) is 0. The summed E-state index contributed by atoms with van der Waals surface area (Å²) in [7, 11) is 0. The Bertz CT molecular complexity index is 199. The molecule has 0 aliphatic heterocycles. The number of hydrogen-bond acceptors (Lipinski definition) is 4. The average molecular weight is 216 g/mol. The van der Waals surface area contributed by atoms with E-state index in [-0.39, 0.29) is 0 Å². The molecule has 0 amide bonds. The van der Waals surface area contributed by atoms with Gasteiger partial charge in [-0.15, -0.1) is 11.3 Å². The van der Waals surface area contributed by atoms with E-state index in [1.165, 1.54) is 22.9 Å². The van der Waals surface area contributed by atoms with Crippen molar-refractivity contribution in [2.24, 2.45) is 0 Å². The van der Waals surface area contributed by atoms with Crippen LogP contribution in [0.1, 0.15) is 19.8 Å². The molecule has 0 bridgehead atoms. The van der Waals surface area contributed by atoms with Gasteiger partial charge in [0.1, 0.15) is 4.34 Å². The van der Waals surface area contributed by atoms with Crippen molar-refractivity contribution in [1.29, 1.82) is 0 Å². The molecule has 0 unspecified atom stereocenters. The van der Waals surface area contributed by atoms with E-state index in [1.807, 2.05) is 23.3 Å². The molecule has 1 aromatic heterocycles. The number of rotatable bonds is 7. The van der Waals surface area contributed by atoms with Crippen LogP contribution in [0.2, 0.25) is 0 Å². The van der Waals surface area contributed by atoms with Crippen molar-refractivity contribution in [2.75, 3.05) is 18.8 Å². The minimum Gasteiger partial charge on any atom is -0.317 e. The number of hydrogen-bond donors (Lipinski definition) is 1. The zero-order valence-corrected chi connectivity index (χ0v) is 9.59. The number of nitrogens with one attached hydrogen (secondary N) is 1. The molecule has 1 heterocycles. The lowest BCUT2D eigenvalue weighted by molar-refractivity contribution is 0.666. The van der Waals surface area contributed by atoms with Gasteiger partial charge < -0.3 is 5.32 Å². The summed E-state index contributed by atoms with van der Waals surface area (Å²) >= 11 is 3.59. The van der Waals surface area contributed by atoms with E-state index in [1.54, 1.807) is 11.3 Å². The molecule has 13 heavy (non-hydrogen) atoms. The zero-order valence-electron chi connectivity index (χ0n) is 7.95. The van der Waals surface area contributed by atoms with Crippen molar-refractivity contribution in [3.8, 4) is 0 Å². The van der Waals surface area contributed by atoms with Gasteiger partial charge in [-0.25, -0.2) is 4.98 Å². The van der Waals surface area contributed by atoms with E-state index < -0.39 is 0 Å². The van der Waals surface area contributed by atoms with E-state index in [4.69, 9.17) is 0 Å². The first kappa shape index (κ1) is 11.0. The predicted molar refractivity (Wildman–Crippen MR) is 60.6 cm³/mol. The second-order valence-electron chi connectivity index (χ2n) is 2.71. The zero-order chi connectivity index (χ0) is 9.36. The fraction of sp³-hybridized carbons (Fsp3) is 0.667. The molecule has 74 valence electrons. The Hall–Kier alpha value is -0.0600. The van der Waals surface area contributed by atoms with Crippen LogP contribution >= 0.6 is 23.1 Å². The molecule has 1 rings (SSSR count). The highest BCUT2D eigenvalue weighted by Gasteiger charge is 1.95. The first-order valence-corrected chi connectivity index (χ1v) is 6.53. The van der Waals surface area contributed by atoms with Crippen LogP contribution in [0, 0.1) is 0 Å². The Balaban J connectivity index is 1.90. The lowest BCUT2D eigenvalue weighted by Gasteiger charge is -2.00. The Morgan fingerprint density at radius 3 is 3.15 bits per heavy atom. The predicted octanol–water partition coefficient (Wildman–Crippen LogP) is 2.62. The molecular weight excluding hydrogens is 200 g/mol. The molecule has 0 saturated heterocycles. The maximum absolute atomic E-state index is 4.22. The Morgan fingerprint density at radius 1 is 1.54 bits per heavy atom. The van der Waals surface area contributed by atoms with Gasteiger partial charge >= 0.3 is 0 Å². The summed E-state index contributed by atoms with van der Waals surface area (Å²) in [5.41, 5.74) is 0. The summed E-state index contributed by atoms with van der Waals surface area (Å²) in [5.74, 6) is 1.19. The molecule has 0 fully saturated rings. The highest BCUT2D eigenvalue weighted by molar-refractivity contribution is 8.00. The molecule has 0 aliphatic carbocycles. The van der Waals surface area contributed by atoms with Crippen molar-refractivity contribution in [1.82, 2.24) is 10.3 Å². The van der Waals surface area contributed by atoms with Crippen molar-refractivity contribution in [2.45, 2.75) is 24.1 Å². The van der Waals surface area contributed by atoms with Crippen LogP contribution in [-0.2, 0) is 0 Å². The molecule has 2 nitrogen and oxygen atoms in total. The van der Waals surface area contributed by atoms with Crippen LogP contribution in [-0.4, -0.2) is 23.8 Å². The van der Waals surface area contributed by atoms with Gasteiger partial charge in [-0.3, -0.25) is 0 Å². The fourth-order valence-electron chi connectivity index (χ4n) is 0.970. The van der Waals surface area contributed by atoms with Gasteiger partial charge in [0.05, 0.1) is 0 Å². The fourth-order valence-corrected chi connectivity index (χ4v) is 2.68. The SMILES string of the molecule is CCNCCCCSc1nccs1. The third kappa shape index (κ3) is 5.29. The molecule has 0 radical (unpaired) electrons. The standard InChI is InChI=1S/C9H16N2S2/c1-2-10-5-3-4-7-12-9-11-6-8-13-9/h6,8,10H,2-5,7H2,1H3. The van der Waals surface area contributed by atoms with Gasteiger partial charge in [0.15, 0.2) is 0 Å². The largest absolute Gasteiger partial charge is 0.317 e. The topological polar surface area (TPSA) is 24.9 Å². The van der Waals surface area contributed by atoms with E-state index in [9.17, 15) is 0 Å². The van der Waals surface area contributed by atoms with Crippen LogP contribution in [0.5, 0.6) is 0 Å². The summed E-state index contributed by atoms with van der Waals surface area (Å²) in [4.78, 5) is 4.22. The van der Waals surface area contributed by atoms with Crippen LogP contribution in [0.25, 0.3) is 0 Å². The molecule has 1 aromatic rings. The Morgan fingerprint density at radius 2 is 2.46 bits per heavy atom. The van der Waals surface area contributed by atoms with Crippen molar-refractivity contribution >= 4 is 23.1 Å². The first-order valence-electron chi connectivity index (χ1n) is 4.66. The third-order valence-corrected chi connectivity index (χ3v) is 3.69. The van der Waals surface area contributed by atoms with Crippen LogP contribution in [0.4, 0.5) is 0 Å². The van der Waals surface area contributed by atoms with Crippen LogP contribution in [0.3, 0.4) is 0 Å². The molecule has 0 aliphatic rings. The van der Waals surface area contributed by atoms with Crippen molar-refractivity contribution in [3.63, 3.8) is 0 Å². The van der Waals surface area contributed by atoms with Crippen LogP contribution in [0.15, 0.2) is 15.9 Å². The highest BCUT2D eigenvalue weighted by Crippen LogP contribution is 2.20. The molecular formula is C9H16N2S2. The normalized spacial score (nSPS) is 10.5. The third-order valence-electron chi connectivity index (χ3n) is 1.63. The van der Waals surface area contributed by atoms with E-state index in [0.717, 1.165) is 13.1 Å². The molecule has 0 aromatic carbocycles. The van der Waals surface area contributed by atoms with E-state index in [2.05, 4.69) is 17.2 Å². The second kappa shape index (κ2) is 7.35. The van der Waals surface area contributed by atoms with Gasteiger partial charge in [-0.05, 0) is 25.9 Å². The highest BCUT2D eigenvalue weighted by atomic mass is 32.2. The summed E-state index contributed by atoms with van der Waals surface area (Å²) < 4.78 is 1.20. The van der Waals surface area contributed by atoms with Crippen molar-refractivity contribution < 1.29 is 0 Å². The minimum absolute atomic E-state index is 1.08. The number of thioether (sulfide) groups is 1. The summed E-state index contributed by atoms with van der Waals surface area (Å²) in [5, 5.41) is 5.35. The summed E-state index contributed by atoms with van der Waals surface area (Å²) in [6.45, 7) is 4.37. The number of unbranched alkanes of at least 4 members (excludes halogenated alkanes) is 1. The monoisotopic (exact) mass is 216 g/mol. The van der Waals surface area contributed by atoms with Gasteiger partial charge in [-0.1, -0.05) is 18.7 Å². The Kier molecular flexibility index (Phi) is 6.23. The minimum atomic E-state index is 1.08. The Labute approximate surface area is 88.2 Å². The molecule has 0 spiro atoms. The molecule has 4 heteroatoms. The van der Waals surface area contributed by atoms with Crippen LogP contribution < -0.4 is 5.32 Å². The van der Waals surface area contributed by atoms with E-state index in [0.29, 0.717) is 0 Å². The number of aromatic nitrogens is 1. The molecule has 0 atom stereocenters. The maximum Gasteiger partial charge on any atom is 0.149 e. The summed E-state index contributed by atoms with van der Waals surface area (Å²) in [6.07, 6.45) is 4.41. The van der Waals surface area contributed by atoms with E-state index >= 15 is 0 Å². The van der Waals surface area contributed by atoms with Crippen molar-refractivity contribution in [3.05, 3.63) is 11.6 Å². The lowest BCUT2D eigenvalue weighted by Crippen LogP contribution is -2.13. The lowest BCUT2D eigenvalue weighted by atomic mass is 10.3. The first-order chi connectivity index (χ1) is 6.43. The maximum atomic E-state index is 4.22.